The molecule has 0 heterocycles. The van der Waals surface area contributed by atoms with Crippen molar-refractivity contribution in [2.75, 3.05) is 19.3 Å². The molecule has 0 aliphatic carbocycles. The highest BCUT2D eigenvalue weighted by Gasteiger charge is 2.31. The van der Waals surface area contributed by atoms with Gasteiger partial charge in [0.25, 0.3) is 0 Å². The van der Waals surface area contributed by atoms with Crippen LogP contribution in [0, 0.1) is 0 Å². The first-order chi connectivity index (χ1) is 8.61. The Bertz CT molecular complexity index is 405. The number of amides is 1. The second kappa shape index (κ2) is 7.94. The Hall–Kier alpha value is -0.490. The molecule has 10 heteroatoms. The second-order valence-electron chi connectivity index (χ2n) is 3.82. The molecule has 1 amide bonds. The molecule has 8 nitrogen and oxygen atoms in total. The molecule has 0 spiro atoms. The van der Waals surface area contributed by atoms with Crippen molar-refractivity contribution in [3.05, 3.63) is 12.7 Å². The van der Waals surface area contributed by atoms with Gasteiger partial charge in [-0.1, -0.05) is 19.9 Å². The molecule has 1 atom stereocenters. The molecule has 0 aromatic rings. The molecular weight excluding hydrogens is 296 g/mol. The molecule has 0 rings (SSSR count). The third-order valence-corrected chi connectivity index (χ3v) is 4.79. The minimum atomic E-state index is -5.04. The predicted molar refractivity (Wildman–Crippen MR) is 69.5 cm³/mol. The largest absolute Gasteiger partial charge is 0.476 e. The molecular formula is C9H19NO7P2. The summed E-state index contributed by atoms with van der Waals surface area (Å²) in [5.41, 5.74) is 0. The fourth-order valence-corrected chi connectivity index (χ4v) is 3.41. The van der Waals surface area contributed by atoms with Crippen LogP contribution in [0.2, 0.25) is 0 Å². The monoisotopic (exact) mass is 315 g/mol. The van der Waals surface area contributed by atoms with E-state index in [1.165, 1.54) is 4.90 Å². The fraction of sp³-hybridized carbons (Fsp3) is 0.667. The van der Waals surface area contributed by atoms with E-state index in [2.05, 4.69) is 10.9 Å². The summed E-state index contributed by atoms with van der Waals surface area (Å²) in [5, 5.41) is 0. The molecule has 112 valence electrons. The summed E-state index contributed by atoms with van der Waals surface area (Å²) in [6.07, 6.45) is 2.05. The zero-order valence-corrected chi connectivity index (χ0v) is 12.4. The lowest BCUT2D eigenvalue weighted by atomic mass is 10.3. The first-order valence-electron chi connectivity index (χ1n) is 5.61. The number of rotatable bonds is 9. The lowest BCUT2D eigenvalue weighted by Gasteiger charge is -2.22. The summed E-state index contributed by atoms with van der Waals surface area (Å²) in [5.74, 6) is -0.412. The van der Waals surface area contributed by atoms with Crippen molar-refractivity contribution in [3.63, 3.8) is 0 Å². The maximum Gasteiger partial charge on any atom is 0.476 e. The van der Waals surface area contributed by atoms with Crippen molar-refractivity contribution < 1.29 is 32.9 Å². The summed E-state index contributed by atoms with van der Waals surface area (Å²) in [4.78, 5) is 38.9. The normalized spacial score (nSPS) is 14.7. The van der Waals surface area contributed by atoms with Gasteiger partial charge >= 0.3 is 15.4 Å². The smallest absolute Gasteiger partial charge is 0.339 e. The van der Waals surface area contributed by atoms with Gasteiger partial charge in [0.05, 0.1) is 6.16 Å². The van der Waals surface area contributed by atoms with Gasteiger partial charge in [0.15, 0.2) is 0 Å². The average molecular weight is 315 g/mol. The Morgan fingerprint density at radius 1 is 1.32 bits per heavy atom. The summed E-state index contributed by atoms with van der Waals surface area (Å²) in [6, 6.07) is 0. The molecule has 0 aliphatic rings. The van der Waals surface area contributed by atoms with E-state index < -0.39 is 27.5 Å². The van der Waals surface area contributed by atoms with Crippen LogP contribution >= 0.6 is 15.4 Å². The van der Waals surface area contributed by atoms with Gasteiger partial charge in [-0.3, -0.25) is 9.36 Å². The van der Waals surface area contributed by atoms with Crippen LogP contribution in [0.5, 0.6) is 0 Å². The first-order valence-corrected chi connectivity index (χ1v) is 8.90. The number of nitrogens with zero attached hydrogens (tertiary/aromatic N) is 1. The van der Waals surface area contributed by atoms with Crippen LogP contribution in [0.3, 0.4) is 0 Å². The van der Waals surface area contributed by atoms with Gasteiger partial charge in [-0.15, -0.1) is 0 Å². The Kier molecular flexibility index (Phi) is 7.74. The molecule has 0 bridgehead atoms. The Morgan fingerprint density at radius 3 is 2.32 bits per heavy atom. The van der Waals surface area contributed by atoms with Crippen molar-refractivity contribution in [2.24, 2.45) is 0 Å². The summed E-state index contributed by atoms with van der Waals surface area (Å²) >= 11 is 0. The molecule has 0 fully saturated rings. The highest BCUT2D eigenvalue weighted by atomic mass is 31.3. The zero-order chi connectivity index (χ0) is 15.1. The molecule has 3 N–H and O–H groups in total. The van der Waals surface area contributed by atoms with Gasteiger partial charge in [0.1, 0.15) is 0 Å². The third kappa shape index (κ3) is 9.10. The molecule has 1 unspecified atom stereocenters. The van der Waals surface area contributed by atoms with Gasteiger partial charge in [0.2, 0.25) is 5.91 Å². The molecule has 19 heavy (non-hydrogen) atoms. The molecule has 0 radical (unpaired) electrons. The van der Waals surface area contributed by atoms with Gasteiger partial charge in [-0.2, -0.15) is 0 Å². The summed E-state index contributed by atoms with van der Waals surface area (Å²) < 4.78 is 25.7. The van der Waals surface area contributed by atoms with E-state index in [-0.39, 0.29) is 6.54 Å². The average Bonchev–Trinajstić information content (AvgIpc) is 2.25. The standard InChI is InChI=1S/C9H19NO7P2/c1-3-5-6-10(9(11)4-2)7-8-18(12,13)17-19(14,15)16/h4H,2-3,5-8H2,1H3,(H,12,13)(H2,14,15,16). The van der Waals surface area contributed by atoms with Crippen LogP contribution in [0.25, 0.3) is 0 Å². The number of hydrogen-bond acceptors (Lipinski definition) is 4. The van der Waals surface area contributed by atoms with Gasteiger partial charge in [0, 0.05) is 13.1 Å². The maximum absolute atomic E-state index is 11.5. The zero-order valence-electron chi connectivity index (χ0n) is 10.6. The lowest BCUT2D eigenvalue weighted by molar-refractivity contribution is -0.125. The first kappa shape index (κ1) is 18.5. The van der Waals surface area contributed by atoms with E-state index >= 15 is 0 Å². The quantitative estimate of drug-likeness (QED) is 0.430. The van der Waals surface area contributed by atoms with Crippen molar-refractivity contribution in [1.82, 2.24) is 4.90 Å². The lowest BCUT2D eigenvalue weighted by Crippen LogP contribution is -2.33. The fourth-order valence-electron chi connectivity index (χ4n) is 1.26. The van der Waals surface area contributed by atoms with Crippen LogP contribution in [-0.4, -0.2) is 44.7 Å². The highest BCUT2D eigenvalue weighted by Crippen LogP contribution is 2.56. The molecule has 0 aromatic heterocycles. The van der Waals surface area contributed by atoms with Crippen LogP contribution in [0.1, 0.15) is 19.8 Å². The van der Waals surface area contributed by atoms with Gasteiger partial charge in [-0.05, 0) is 12.5 Å². The van der Waals surface area contributed by atoms with Crippen molar-refractivity contribution >= 4 is 21.3 Å². The van der Waals surface area contributed by atoms with Crippen molar-refractivity contribution in [2.45, 2.75) is 19.8 Å². The Balaban J connectivity index is 4.53. The molecule has 0 aromatic carbocycles. The maximum atomic E-state index is 11.5. The summed E-state index contributed by atoms with van der Waals surface area (Å²) in [6.45, 7) is 5.47. The van der Waals surface area contributed by atoms with E-state index in [9.17, 15) is 18.8 Å². The van der Waals surface area contributed by atoms with Crippen LogP contribution < -0.4 is 0 Å². The SMILES string of the molecule is C=CC(=O)N(CCCC)CCP(=O)(O)OP(=O)(O)O. The number of unbranched alkanes of at least 4 members (excludes halogenated alkanes) is 1. The number of carbonyl (C=O) groups excluding carboxylic acids is 1. The number of carbonyl (C=O) groups is 1. The number of phosphoric acid groups is 1. The van der Waals surface area contributed by atoms with Crippen LogP contribution in [0.4, 0.5) is 0 Å². The van der Waals surface area contributed by atoms with E-state index in [4.69, 9.17) is 9.79 Å². The molecule has 0 saturated heterocycles. The number of hydrogen-bond donors (Lipinski definition) is 3. The minimum Gasteiger partial charge on any atom is -0.339 e. The minimum absolute atomic E-state index is 0.140. The van der Waals surface area contributed by atoms with Gasteiger partial charge in [-0.25, -0.2) is 8.88 Å². The van der Waals surface area contributed by atoms with E-state index in [0.29, 0.717) is 13.0 Å². The van der Waals surface area contributed by atoms with E-state index in [0.717, 1.165) is 12.5 Å². The van der Waals surface area contributed by atoms with Crippen LogP contribution in [-0.2, 0) is 18.2 Å². The Morgan fingerprint density at radius 2 is 1.89 bits per heavy atom. The molecule has 0 aliphatic heterocycles. The van der Waals surface area contributed by atoms with Gasteiger partial charge < -0.3 is 19.6 Å². The second-order valence-corrected chi connectivity index (χ2v) is 7.17. The molecule has 0 saturated carbocycles. The summed E-state index contributed by atoms with van der Waals surface area (Å²) in [7, 11) is -9.48. The predicted octanol–water partition coefficient (Wildman–Crippen LogP) is 1.10. The highest BCUT2D eigenvalue weighted by molar-refractivity contribution is 7.63. The third-order valence-electron chi connectivity index (χ3n) is 2.15. The topological polar surface area (TPSA) is 124 Å². The van der Waals surface area contributed by atoms with Crippen molar-refractivity contribution in [3.8, 4) is 0 Å². The van der Waals surface area contributed by atoms with E-state index in [1.807, 2.05) is 6.92 Å². The van der Waals surface area contributed by atoms with E-state index in [1.54, 1.807) is 0 Å². The van der Waals surface area contributed by atoms with Crippen LogP contribution in [0.15, 0.2) is 12.7 Å². The Labute approximate surface area is 111 Å². The van der Waals surface area contributed by atoms with Crippen molar-refractivity contribution in [1.29, 1.82) is 0 Å².